The molecule has 0 spiro atoms. The van der Waals surface area contributed by atoms with Crippen molar-refractivity contribution in [2.45, 2.75) is 6.42 Å². The van der Waals surface area contributed by atoms with E-state index in [-0.39, 0.29) is 5.91 Å². The minimum Gasteiger partial charge on any atom is -0.439 e. The molecular formula is C19H12Cl2N2O2S. The number of benzene rings is 2. The number of hydrogen-bond donors (Lipinski definition) is 1. The highest BCUT2D eigenvalue weighted by Gasteiger charge is 2.12. The molecule has 130 valence electrons. The van der Waals surface area contributed by atoms with Gasteiger partial charge in [0.05, 0.1) is 9.90 Å². The lowest BCUT2D eigenvalue weighted by Crippen LogP contribution is -2.09. The van der Waals surface area contributed by atoms with E-state index in [1.54, 1.807) is 18.2 Å². The third-order valence-corrected chi connectivity index (χ3v) is 5.13. The molecule has 1 amide bonds. The van der Waals surface area contributed by atoms with Gasteiger partial charge in [-0.05, 0) is 41.3 Å². The number of rotatable bonds is 4. The van der Waals surface area contributed by atoms with Gasteiger partial charge in [0.25, 0.3) is 5.91 Å². The second-order valence-corrected chi connectivity index (χ2v) is 7.44. The lowest BCUT2D eigenvalue weighted by molar-refractivity contribution is 0.103. The first-order valence-electron chi connectivity index (χ1n) is 7.77. The van der Waals surface area contributed by atoms with Crippen molar-refractivity contribution in [3.63, 3.8) is 0 Å². The molecule has 26 heavy (non-hydrogen) atoms. The summed E-state index contributed by atoms with van der Waals surface area (Å²) < 4.78 is 5.73. The number of amides is 1. The van der Waals surface area contributed by atoms with Gasteiger partial charge in [-0.25, -0.2) is 4.98 Å². The number of thiophene rings is 1. The molecule has 0 atom stereocenters. The van der Waals surface area contributed by atoms with Crippen molar-refractivity contribution in [1.29, 1.82) is 0 Å². The monoisotopic (exact) mass is 402 g/mol. The molecule has 0 fully saturated rings. The van der Waals surface area contributed by atoms with E-state index in [1.165, 1.54) is 11.3 Å². The van der Waals surface area contributed by atoms with Crippen LogP contribution in [-0.4, -0.2) is 10.9 Å². The lowest BCUT2D eigenvalue weighted by atomic mass is 10.1. The Labute approximate surface area is 163 Å². The first kappa shape index (κ1) is 17.1. The molecule has 4 nitrogen and oxygen atoms in total. The Kier molecular flexibility index (Phi) is 4.68. The summed E-state index contributed by atoms with van der Waals surface area (Å²) in [6.07, 6.45) is 0.516. The maximum Gasteiger partial charge on any atom is 0.265 e. The number of hydrogen-bond acceptors (Lipinski definition) is 4. The molecule has 7 heteroatoms. The maximum atomic E-state index is 12.1. The molecule has 4 aromatic rings. The highest BCUT2D eigenvalue weighted by molar-refractivity contribution is 7.12. The van der Waals surface area contributed by atoms with Gasteiger partial charge < -0.3 is 9.73 Å². The number of nitrogens with zero attached hydrogens (tertiary/aromatic N) is 1. The summed E-state index contributed by atoms with van der Waals surface area (Å²) in [5, 5.41) is 5.71. The van der Waals surface area contributed by atoms with E-state index >= 15 is 0 Å². The highest BCUT2D eigenvalue weighted by Crippen LogP contribution is 2.29. The number of anilines is 1. The standard InChI is InChI=1S/C19H12Cl2N2O2S/c20-12-9-14(21)18-15(10-12)23-17(25-18)8-11-3-5-13(6-4-11)22-19(24)16-2-1-7-26-16/h1-7,9-10H,8H2,(H,22,24). The van der Waals surface area contributed by atoms with Crippen LogP contribution >= 0.6 is 34.5 Å². The normalized spacial score (nSPS) is 11.0. The van der Waals surface area contributed by atoms with Crippen LogP contribution in [0, 0.1) is 0 Å². The molecule has 2 aromatic carbocycles. The third-order valence-electron chi connectivity index (χ3n) is 3.77. The molecule has 2 aromatic heterocycles. The number of carbonyl (C=O) groups is 1. The van der Waals surface area contributed by atoms with Gasteiger partial charge in [-0.3, -0.25) is 4.79 Å². The second kappa shape index (κ2) is 7.11. The van der Waals surface area contributed by atoms with Crippen LogP contribution in [0.2, 0.25) is 10.0 Å². The van der Waals surface area contributed by atoms with Crippen LogP contribution in [0.3, 0.4) is 0 Å². The van der Waals surface area contributed by atoms with Crippen LogP contribution in [0.5, 0.6) is 0 Å². The summed E-state index contributed by atoms with van der Waals surface area (Å²) in [7, 11) is 0. The van der Waals surface area contributed by atoms with Crippen molar-refractivity contribution >= 4 is 57.2 Å². The Morgan fingerprint density at radius 3 is 2.69 bits per heavy atom. The molecular weight excluding hydrogens is 391 g/mol. The SMILES string of the molecule is O=C(Nc1ccc(Cc2nc3cc(Cl)cc(Cl)c3o2)cc1)c1cccs1. The molecule has 0 unspecified atom stereocenters. The topological polar surface area (TPSA) is 55.1 Å². The molecule has 0 saturated heterocycles. The fourth-order valence-corrected chi connectivity index (χ4v) is 3.70. The molecule has 0 aliphatic carbocycles. The molecule has 0 aliphatic heterocycles. The second-order valence-electron chi connectivity index (χ2n) is 5.65. The minimum atomic E-state index is -0.113. The Bertz CT molecular complexity index is 1070. The van der Waals surface area contributed by atoms with Crippen LogP contribution in [0.25, 0.3) is 11.1 Å². The summed E-state index contributed by atoms with van der Waals surface area (Å²) in [4.78, 5) is 17.2. The zero-order valence-corrected chi connectivity index (χ0v) is 15.7. The van der Waals surface area contributed by atoms with Crippen LogP contribution in [0.1, 0.15) is 21.1 Å². The summed E-state index contributed by atoms with van der Waals surface area (Å²) in [6, 6.07) is 14.5. The van der Waals surface area contributed by atoms with Crippen molar-refractivity contribution in [1.82, 2.24) is 4.98 Å². The van der Waals surface area contributed by atoms with Gasteiger partial charge >= 0.3 is 0 Å². The van der Waals surface area contributed by atoms with Crippen LogP contribution in [-0.2, 0) is 6.42 Å². The maximum absolute atomic E-state index is 12.1. The number of oxazole rings is 1. The molecule has 1 N–H and O–H groups in total. The van der Waals surface area contributed by atoms with Gasteiger partial charge in [-0.2, -0.15) is 0 Å². The van der Waals surface area contributed by atoms with Crippen molar-refractivity contribution in [3.05, 3.63) is 80.3 Å². The van der Waals surface area contributed by atoms with Crippen molar-refractivity contribution in [2.24, 2.45) is 0 Å². The van der Waals surface area contributed by atoms with E-state index in [4.69, 9.17) is 27.6 Å². The van der Waals surface area contributed by atoms with Gasteiger partial charge in [0.2, 0.25) is 0 Å². The van der Waals surface area contributed by atoms with Gasteiger partial charge in [-0.1, -0.05) is 41.4 Å². The fourth-order valence-electron chi connectivity index (χ4n) is 2.56. The third kappa shape index (κ3) is 3.60. The summed E-state index contributed by atoms with van der Waals surface area (Å²) >= 11 is 13.5. The molecule has 0 aliphatic rings. The molecule has 0 saturated carbocycles. The first-order chi connectivity index (χ1) is 12.6. The Hall–Kier alpha value is -2.34. The van der Waals surface area contributed by atoms with E-state index in [0.29, 0.717) is 38.3 Å². The van der Waals surface area contributed by atoms with Gasteiger partial charge in [0.1, 0.15) is 5.52 Å². The average Bonchev–Trinajstić information content (AvgIpc) is 3.26. The average molecular weight is 403 g/mol. The largest absolute Gasteiger partial charge is 0.439 e. The zero-order valence-electron chi connectivity index (χ0n) is 13.3. The molecule has 2 heterocycles. The molecule has 4 rings (SSSR count). The summed E-state index contributed by atoms with van der Waals surface area (Å²) in [5.74, 6) is 0.442. The first-order valence-corrected chi connectivity index (χ1v) is 9.40. The molecule has 0 bridgehead atoms. The van der Waals surface area contributed by atoms with Gasteiger partial charge in [0, 0.05) is 17.1 Å². The Morgan fingerprint density at radius 1 is 1.15 bits per heavy atom. The smallest absolute Gasteiger partial charge is 0.265 e. The summed E-state index contributed by atoms with van der Waals surface area (Å²) in [5.41, 5.74) is 2.91. The Morgan fingerprint density at radius 2 is 1.96 bits per heavy atom. The van der Waals surface area contributed by atoms with Gasteiger partial charge in [0.15, 0.2) is 11.5 Å². The quantitative estimate of drug-likeness (QED) is 0.452. The number of fused-ring (bicyclic) bond motifs is 1. The van der Waals surface area contributed by atoms with E-state index < -0.39 is 0 Å². The highest BCUT2D eigenvalue weighted by atomic mass is 35.5. The zero-order chi connectivity index (χ0) is 18.1. The van der Waals surface area contributed by atoms with Crippen LogP contribution < -0.4 is 5.32 Å². The number of aromatic nitrogens is 1. The predicted octanol–water partition coefficient (Wildman–Crippen LogP) is 6.04. The van der Waals surface area contributed by atoms with E-state index in [0.717, 1.165) is 11.3 Å². The van der Waals surface area contributed by atoms with Crippen molar-refractivity contribution in [3.8, 4) is 0 Å². The van der Waals surface area contributed by atoms with E-state index in [1.807, 2.05) is 35.7 Å². The van der Waals surface area contributed by atoms with Crippen LogP contribution in [0.4, 0.5) is 5.69 Å². The fraction of sp³-hybridized carbons (Fsp3) is 0.0526. The Balaban J connectivity index is 1.49. The van der Waals surface area contributed by atoms with Crippen LogP contribution in [0.15, 0.2) is 58.3 Å². The van der Waals surface area contributed by atoms with Crippen molar-refractivity contribution < 1.29 is 9.21 Å². The lowest BCUT2D eigenvalue weighted by Gasteiger charge is -2.04. The van der Waals surface area contributed by atoms with Crippen molar-refractivity contribution in [2.75, 3.05) is 5.32 Å². The minimum absolute atomic E-state index is 0.113. The van der Waals surface area contributed by atoms with Gasteiger partial charge in [-0.15, -0.1) is 11.3 Å². The number of nitrogens with one attached hydrogen (secondary N) is 1. The summed E-state index contributed by atoms with van der Waals surface area (Å²) in [6.45, 7) is 0. The van der Waals surface area contributed by atoms with E-state index in [9.17, 15) is 4.79 Å². The molecule has 0 radical (unpaired) electrons. The predicted molar refractivity (Wildman–Crippen MR) is 106 cm³/mol. The number of carbonyl (C=O) groups excluding carboxylic acids is 1. The van der Waals surface area contributed by atoms with E-state index in [2.05, 4.69) is 10.3 Å². The number of halogens is 2.